The number of fused-ring (bicyclic) bond motifs is 2. The second-order valence-corrected chi connectivity index (χ2v) is 8.54. The molecule has 1 aromatic carbocycles. The highest BCUT2D eigenvalue weighted by atomic mass is 32.1. The van der Waals surface area contributed by atoms with E-state index in [9.17, 15) is 0 Å². The van der Waals surface area contributed by atoms with Gasteiger partial charge in [0.05, 0.1) is 18.6 Å². The average molecular weight is 347 g/mol. The Bertz CT molecular complexity index is 558. The maximum absolute atomic E-state index is 5.56. The van der Waals surface area contributed by atoms with Crippen LogP contribution < -0.4 is 15.5 Å². The molecule has 0 radical (unpaired) electrons. The number of thiocarbonyl (C=S) groups is 1. The first-order chi connectivity index (χ1) is 11.5. The summed E-state index contributed by atoms with van der Waals surface area (Å²) in [7, 11) is 0. The van der Waals surface area contributed by atoms with Crippen LogP contribution in [0.5, 0.6) is 0 Å². The van der Waals surface area contributed by atoms with Crippen LogP contribution in [-0.2, 0) is 0 Å². The van der Waals surface area contributed by atoms with Crippen molar-refractivity contribution in [3.8, 4) is 0 Å². The normalized spacial score (nSPS) is 29.3. The van der Waals surface area contributed by atoms with E-state index >= 15 is 0 Å². The zero-order valence-corrected chi connectivity index (χ0v) is 16.1. The van der Waals surface area contributed by atoms with Crippen molar-refractivity contribution in [1.29, 1.82) is 0 Å². The molecular weight excluding hydrogens is 314 g/mol. The van der Waals surface area contributed by atoms with Gasteiger partial charge in [0.1, 0.15) is 0 Å². The van der Waals surface area contributed by atoms with Gasteiger partial charge in [-0.3, -0.25) is 0 Å². The Kier molecular flexibility index (Phi) is 5.77. The Balaban J connectivity index is 1.56. The van der Waals surface area contributed by atoms with E-state index in [2.05, 4.69) is 55.7 Å². The molecule has 2 bridgehead atoms. The van der Waals surface area contributed by atoms with E-state index in [1.54, 1.807) is 0 Å². The fourth-order valence-electron chi connectivity index (χ4n) is 4.63. The lowest BCUT2D eigenvalue weighted by Gasteiger charge is -2.46. The lowest BCUT2D eigenvalue weighted by Crippen LogP contribution is -3.21. The first kappa shape index (κ1) is 17.7. The summed E-state index contributed by atoms with van der Waals surface area (Å²) in [6.45, 7) is 8.14. The van der Waals surface area contributed by atoms with Gasteiger partial charge in [-0.05, 0) is 56.1 Å². The van der Waals surface area contributed by atoms with Crippen LogP contribution in [0.25, 0.3) is 0 Å². The molecular formula is C20H32N3S+. The van der Waals surface area contributed by atoms with Crippen LogP contribution in [0.4, 0.5) is 5.69 Å². The highest BCUT2D eigenvalue weighted by molar-refractivity contribution is 7.80. The number of anilines is 1. The standard InChI is InChI=1S/C20H31N3S/c1-14(2)13-23-18-8-5-9-19(23)12-17(11-18)22-20(24)21-16-7-4-6-15(3)10-16/h4,6-7,10,14,17-19H,5,8-9,11-13H2,1-3H3,(H2,21,22,24)/p+1/t17?,18-,19+. The van der Waals surface area contributed by atoms with Gasteiger partial charge in [-0.1, -0.05) is 26.0 Å². The van der Waals surface area contributed by atoms with Crippen molar-refractivity contribution in [3.05, 3.63) is 29.8 Å². The maximum atomic E-state index is 5.56. The Morgan fingerprint density at radius 2 is 1.96 bits per heavy atom. The number of quaternary nitrogens is 1. The number of aryl methyl sites for hydroxylation is 1. The predicted octanol–water partition coefficient (Wildman–Crippen LogP) is 2.91. The van der Waals surface area contributed by atoms with E-state index in [-0.39, 0.29) is 0 Å². The molecule has 0 aliphatic carbocycles. The van der Waals surface area contributed by atoms with Crippen molar-refractivity contribution in [3.63, 3.8) is 0 Å². The summed E-state index contributed by atoms with van der Waals surface area (Å²) in [5.74, 6) is 0.789. The van der Waals surface area contributed by atoms with Gasteiger partial charge in [0.15, 0.2) is 5.11 Å². The minimum absolute atomic E-state index is 0.529. The molecule has 4 atom stereocenters. The fraction of sp³-hybridized carbons (Fsp3) is 0.650. The van der Waals surface area contributed by atoms with E-state index in [0.717, 1.165) is 28.8 Å². The van der Waals surface area contributed by atoms with E-state index in [1.165, 1.54) is 44.2 Å². The summed E-state index contributed by atoms with van der Waals surface area (Å²) in [6.07, 6.45) is 6.70. The van der Waals surface area contributed by atoms with E-state index in [4.69, 9.17) is 12.2 Å². The monoisotopic (exact) mass is 346 g/mol. The molecule has 1 aromatic rings. The molecule has 0 saturated carbocycles. The fourth-order valence-corrected chi connectivity index (χ4v) is 4.92. The molecule has 2 heterocycles. The molecule has 2 saturated heterocycles. The van der Waals surface area contributed by atoms with Crippen LogP contribution in [-0.4, -0.2) is 29.8 Å². The molecule has 0 amide bonds. The molecule has 2 unspecified atom stereocenters. The summed E-state index contributed by atoms with van der Waals surface area (Å²) in [5.41, 5.74) is 2.33. The zero-order valence-electron chi connectivity index (χ0n) is 15.3. The van der Waals surface area contributed by atoms with Crippen LogP contribution in [0.2, 0.25) is 0 Å². The quantitative estimate of drug-likeness (QED) is 0.732. The third kappa shape index (κ3) is 4.48. The third-order valence-electron chi connectivity index (χ3n) is 5.55. The highest BCUT2D eigenvalue weighted by Crippen LogP contribution is 2.22. The second-order valence-electron chi connectivity index (χ2n) is 8.13. The van der Waals surface area contributed by atoms with Crippen molar-refractivity contribution in [1.82, 2.24) is 5.32 Å². The van der Waals surface area contributed by atoms with Crippen molar-refractivity contribution in [2.24, 2.45) is 5.92 Å². The Hall–Kier alpha value is -1.13. The second kappa shape index (κ2) is 7.83. The van der Waals surface area contributed by atoms with Crippen LogP contribution in [0.1, 0.15) is 51.5 Å². The Labute approximate surface area is 152 Å². The molecule has 2 fully saturated rings. The van der Waals surface area contributed by atoms with Gasteiger partial charge >= 0.3 is 0 Å². The summed E-state index contributed by atoms with van der Waals surface area (Å²) in [5, 5.41) is 7.72. The number of hydrogen-bond donors (Lipinski definition) is 3. The van der Waals surface area contributed by atoms with Gasteiger partial charge in [-0.15, -0.1) is 0 Å². The molecule has 132 valence electrons. The Morgan fingerprint density at radius 3 is 2.58 bits per heavy atom. The first-order valence-electron chi connectivity index (χ1n) is 9.51. The number of nitrogens with one attached hydrogen (secondary N) is 3. The molecule has 3 nitrogen and oxygen atoms in total. The van der Waals surface area contributed by atoms with Crippen molar-refractivity contribution >= 4 is 23.0 Å². The highest BCUT2D eigenvalue weighted by Gasteiger charge is 2.41. The zero-order chi connectivity index (χ0) is 17.1. The lowest BCUT2D eigenvalue weighted by atomic mass is 9.81. The van der Waals surface area contributed by atoms with Crippen LogP contribution in [0, 0.1) is 12.8 Å². The van der Waals surface area contributed by atoms with Crippen molar-refractivity contribution in [2.45, 2.75) is 71.0 Å². The maximum Gasteiger partial charge on any atom is 0.171 e. The van der Waals surface area contributed by atoms with Crippen molar-refractivity contribution < 1.29 is 4.90 Å². The number of hydrogen-bond acceptors (Lipinski definition) is 1. The molecule has 2 aliphatic rings. The van der Waals surface area contributed by atoms with Crippen LogP contribution in [0.15, 0.2) is 24.3 Å². The SMILES string of the molecule is Cc1cccc(NC(=S)NC2C[C@H]3CCC[C@@H](C2)[NH+]3CC(C)C)c1. The number of piperidine rings is 2. The van der Waals surface area contributed by atoms with Gasteiger partial charge in [0, 0.05) is 30.5 Å². The van der Waals surface area contributed by atoms with Gasteiger partial charge in [0.2, 0.25) is 0 Å². The molecule has 2 aliphatic heterocycles. The van der Waals surface area contributed by atoms with Crippen LogP contribution >= 0.6 is 12.2 Å². The van der Waals surface area contributed by atoms with Gasteiger partial charge in [0.25, 0.3) is 0 Å². The smallest absolute Gasteiger partial charge is 0.171 e. The first-order valence-corrected chi connectivity index (χ1v) is 9.92. The van der Waals surface area contributed by atoms with Gasteiger partial charge in [-0.2, -0.15) is 0 Å². The van der Waals surface area contributed by atoms with Gasteiger partial charge < -0.3 is 15.5 Å². The van der Waals surface area contributed by atoms with E-state index in [1.807, 2.05) is 4.90 Å². The van der Waals surface area contributed by atoms with E-state index < -0.39 is 0 Å². The summed E-state index contributed by atoms with van der Waals surface area (Å²) >= 11 is 5.56. The predicted molar refractivity (Wildman–Crippen MR) is 106 cm³/mol. The molecule has 24 heavy (non-hydrogen) atoms. The Morgan fingerprint density at radius 1 is 1.25 bits per heavy atom. The topological polar surface area (TPSA) is 28.5 Å². The lowest BCUT2D eigenvalue weighted by molar-refractivity contribution is -0.963. The van der Waals surface area contributed by atoms with E-state index in [0.29, 0.717) is 6.04 Å². The molecule has 0 spiro atoms. The molecule has 3 N–H and O–H groups in total. The molecule has 3 rings (SSSR count). The number of rotatable bonds is 4. The third-order valence-corrected chi connectivity index (χ3v) is 5.77. The molecule has 0 aromatic heterocycles. The molecule has 4 heteroatoms. The van der Waals surface area contributed by atoms with Crippen LogP contribution in [0.3, 0.4) is 0 Å². The van der Waals surface area contributed by atoms with Gasteiger partial charge in [-0.25, -0.2) is 0 Å². The minimum Gasteiger partial charge on any atom is -0.359 e. The number of benzene rings is 1. The summed E-state index contributed by atoms with van der Waals surface area (Å²) in [6, 6.07) is 10.6. The van der Waals surface area contributed by atoms with Crippen molar-refractivity contribution in [2.75, 3.05) is 11.9 Å². The average Bonchev–Trinajstić information content (AvgIpc) is 2.47. The summed E-state index contributed by atoms with van der Waals surface area (Å²) < 4.78 is 0. The minimum atomic E-state index is 0.529. The summed E-state index contributed by atoms with van der Waals surface area (Å²) in [4.78, 5) is 1.87. The largest absolute Gasteiger partial charge is 0.359 e.